The van der Waals surface area contributed by atoms with E-state index in [9.17, 15) is 0 Å². The van der Waals surface area contributed by atoms with Gasteiger partial charge in [0, 0.05) is 0 Å². The molecule has 102 valence electrons. The van der Waals surface area contributed by atoms with E-state index < -0.39 is 0 Å². The molecule has 0 heterocycles. The van der Waals surface area contributed by atoms with E-state index in [1.54, 1.807) is 14.2 Å². The van der Waals surface area contributed by atoms with Gasteiger partial charge in [-0.15, -0.1) is 0 Å². The van der Waals surface area contributed by atoms with Crippen molar-refractivity contribution >= 4 is 38.8 Å². The van der Waals surface area contributed by atoms with Crippen molar-refractivity contribution in [2.75, 3.05) is 25.2 Å². The SMILES string of the molecule is COC[Se]c1ccc([Se]COC)c(C[C@@H](C)N)c1. The summed E-state index contributed by atoms with van der Waals surface area (Å²) in [6, 6.07) is 6.96. The number of hydrogen-bond acceptors (Lipinski definition) is 3. The number of methoxy groups -OCH3 is 2. The Hall–Kier alpha value is 0.139. The first-order chi connectivity index (χ1) is 8.67. The van der Waals surface area contributed by atoms with Crippen LogP contribution >= 0.6 is 0 Å². The van der Waals surface area contributed by atoms with Gasteiger partial charge in [-0.25, -0.2) is 0 Å². The van der Waals surface area contributed by atoms with Crippen molar-refractivity contribution in [3.63, 3.8) is 0 Å². The molecule has 2 N–H and O–H groups in total. The molecule has 0 saturated heterocycles. The Morgan fingerprint density at radius 3 is 2.44 bits per heavy atom. The van der Waals surface area contributed by atoms with Crippen LogP contribution in [-0.2, 0) is 15.9 Å². The second kappa shape index (κ2) is 9.11. The first-order valence-corrected chi connectivity index (χ1v) is 9.93. The minimum absolute atomic E-state index is 0.201. The molecule has 1 atom stereocenters. The molecule has 0 aliphatic heterocycles. The molecule has 0 radical (unpaired) electrons. The average molecular weight is 381 g/mol. The zero-order valence-electron chi connectivity index (χ0n) is 11.1. The van der Waals surface area contributed by atoms with Gasteiger partial charge in [0.2, 0.25) is 0 Å². The molecule has 0 aromatic heterocycles. The molecule has 0 unspecified atom stereocenters. The zero-order valence-corrected chi connectivity index (χ0v) is 14.6. The molecule has 0 fully saturated rings. The molecule has 0 saturated carbocycles. The second-order valence-corrected chi connectivity index (χ2v) is 8.16. The van der Waals surface area contributed by atoms with Crippen LogP contribution in [0.2, 0.25) is 0 Å². The number of ether oxygens (including phenoxy) is 2. The third-order valence-corrected chi connectivity index (χ3v) is 6.45. The number of rotatable bonds is 8. The molecule has 5 heteroatoms. The molecule has 0 bridgehead atoms. The van der Waals surface area contributed by atoms with E-state index in [0.29, 0.717) is 29.9 Å². The molecule has 1 aromatic rings. The van der Waals surface area contributed by atoms with E-state index in [1.165, 1.54) is 14.5 Å². The third kappa shape index (κ3) is 5.85. The Labute approximate surface area is 122 Å². The maximum atomic E-state index is 5.93. The topological polar surface area (TPSA) is 44.5 Å². The van der Waals surface area contributed by atoms with Gasteiger partial charge in [0.25, 0.3) is 0 Å². The van der Waals surface area contributed by atoms with Crippen molar-refractivity contribution in [3.8, 4) is 0 Å². The average Bonchev–Trinajstić information content (AvgIpc) is 2.34. The molecule has 0 amide bonds. The fourth-order valence-electron chi connectivity index (χ4n) is 1.54. The van der Waals surface area contributed by atoms with Crippen molar-refractivity contribution in [3.05, 3.63) is 23.8 Å². The minimum atomic E-state index is 0.201. The Morgan fingerprint density at radius 2 is 1.83 bits per heavy atom. The van der Waals surface area contributed by atoms with Gasteiger partial charge < -0.3 is 0 Å². The molecule has 18 heavy (non-hydrogen) atoms. The zero-order chi connectivity index (χ0) is 13.4. The summed E-state index contributed by atoms with van der Waals surface area (Å²) in [5.41, 5.74) is 8.96. The maximum absolute atomic E-state index is 5.93. The summed E-state index contributed by atoms with van der Waals surface area (Å²) in [7, 11) is 3.50. The fourth-order valence-corrected chi connectivity index (χ4v) is 4.44. The van der Waals surface area contributed by atoms with Gasteiger partial charge in [-0.3, -0.25) is 0 Å². The van der Waals surface area contributed by atoms with Crippen LogP contribution in [-0.4, -0.2) is 61.2 Å². The van der Waals surface area contributed by atoms with Crippen molar-refractivity contribution in [2.45, 2.75) is 19.4 Å². The van der Waals surface area contributed by atoms with Gasteiger partial charge >= 0.3 is 122 Å². The quantitative estimate of drug-likeness (QED) is 0.615. The van der Waals surface area contributed by atoms with Crippen LogP contribution < -0.4 is 14.7 Å². The van der Waals surface area contributed by atoms with Gasteiger partial charge in [0.1, 0.15) is 0 Å². The molecule has 1 aromatic carbocycles. The summed E-state index contributed by atoms with van der Waals surface area (Å²) in [6.07, 6.45) is 0.942. The monoisotopic (exact) mass is 383 g/mol. The van der Waals surface area contributed by atoms with Crippen LogP contribution in [0.1, 0.15) is 12.5 Å². The van der Waals surface area contributed by atoms with E-state index in [4.69, 9.17) is 15.2 Å². The van der Waals surface area contributed by atoms with Crippen LogP contribution in [0.3, 0.4) is 0 Å². The molecule has 0 aliphatic rings. The van der Waals surface area contributed by atoms with Crippen LogP contribution in [0, 0.1) is 0 Å². The van der Waals surface area contributed by atoms with Gasteiger partial charge in [-0.05, 0) is 0 Å². The van der Waals surface area contributed by atoms with Crippen molar-refractivity contribution in [1.82, 2.24) is 0 Å². The van der Waals surface area contributed by atoms with E-state index in [-0.39, 0.29) is 6.04 Å². The van der Waals surface area contributed by atoms with Crippen LogP contribution in [0.25, 0.3) is 0 Å². The Bertz CT molecular complexity index is 359. The Kier molecular flexibility index (Phi) is 8.19. The summed E-state index contributed by atoms with van der Waals surface area (Å²) in [4.78, 5) is 0. The number of hydrogen-bond donors (Lipinski definition) is 1. The van der Waals surface area contributed by atoms with Crippen LogP contribution in [0.4, 0.5) is 0 Å². The summed E-state index contributed by atoms with van der Waals surface area (Å²) in [6.45, 7) is 2.06. The summed E-state index contributed by atoms with van der Waals surface area (Å²) >= 11 is 0.778. The van der Waals surface area contributed by atoms with Gasteiger partial charge in [0.15, 0.2) is 0 Å². The predicted molar refractivity (Wildman–Crippen MR) is 78.3 cm³/mol. The predicted octanol–water partition coefficient (Wildman–Crippen LogP) is -0.557. The molecular weight excluding hydrogens is 360 g/mol. The van der Waals surface area contributed by atoms with E-state index in [0.717, 1.165) is 17.4 Å². The standard InChI is InChI=1S/C13H21NO2Se2/c1-10(14)6-11-7-12(17-8-15-2)4-5-13(11)18-9-16-3/h4-5,7,10H,6,8-9,14H2,1-3H3/t10-/m1/s1. The van der Waals surface area contributed by atoms with E-state index in [1.807, 2.05) is 0 Å². The van der Waals surface area contributed by atoms with Crippen molar-refractivity contribution in [1.29, 1.82) is 0 Å². The Morgan fingerprint density at radius 1 is 1.17 bits per heavy atom. The first kappa shape index (κ1) is 16.2. The number of nitrogens with two attached hydrogens (primary N) is 1. The van der Waals surface area contributed by atoms with Crippen LogP contribution in [0.15, 0.2) is 18.2 Å². The van der Waals surface area contributed by atoms with Crippen molar-refractivity contribution < 1.29 is 9.47 Å². The van der Waals surface area contributed by atoms with E-state index in [2.05, 4.69) is 25.1 Å². The van der Waals surface area contributed by atoms with Gasteiger partial charge in [-0.2, -0.15) is 0 Å². The molecule has 1 rings (SSSR count). The summed E-state index contributed by atoms with van der Waals surface area (Å²) in [5, 5.41) is 0. The first-order valence-electron chi connectivity index (χ1n) is 5.79. The van der Waals surface area contributed by atoms with Gasteiger partial charge in [-0.1, -0.05) is 0 Å². The van der Waals surface area contributed by atoms with Crippen molar-refractivity contribution in [2.24, 2.45) is 5.73 Å². The summed E-state index contributed by atoms with van der Waals surface area (Å²) in [5.74, 6) is 0. The second-order valence-electron chi connectivity index (χ2n) is 4.05. The van der Waals surface area contributed by atoms with E-state index >= 15 is 0 Å². The fraction of sp³-hybridized carbons (Fsp3) is 0.538. The molecule has 0 aliphatic carbocycles. The Balaban J connectivity index is 2.81. The summed E-state index contributed by atoms with van der Waals surface area (Å²) < 4.78 is 13.1. The van der Waals surface area contributed by atoms with Crippen LogP contribution in [0.5, 0.6) is 0 Å². The molecule has 0 spiro atoms. The molecular formula is C13H21NO2Se2. The van der Waals surface area contributed by atoms with Gasteiger partial charge in [0.05, 0.1) is 0 Å². The number of benzene rings is 1. The molecule has 3 nitrogen and oxygen atoms in total. The third-order valence-electron chi connectivity index (χ3n) is 2.25. The normalized spacial score (nSPS) is 12.7.